The summed E-state index contributed by atoms with van der Waals surface area (Å²) in [6.07, 6.45) is 0.646. The molecule has 56 valence electrons. The van der Waals surface area contributed by atoms with Gasteiger partial charge in [0.2, 0.25) is 0 Å². The van der Waals surface area contributed by atoms with Gasteiger partial charge < -0.3 is 5.21 Å². The molecular weight excluding hydrogens is 140 g/mol. The Labute approximate surface area is 55.5 Å². The van der Waals surface area contributed by atoms with Gasteiger partial charge >= 0.3 is 0 Å². The van der Waals surface area contributed by atoms with E-state index in [4.69, 9.17) is 9.99 Å². The number of hydroxylamine groups is 1. The fourth-order valence-electron chi connectivity index (χ4n) is 0.409. The van der Waals surface area contributed by atoms with Gasteiger partial charge in [-0.05, 0) is 6.42 Å². The summed E-state index contributed by atoms with van der Waals surface area (Å²) >= 11 is 0. The molecule has 0 amide bonds. The summed E-state index contributed by atoms with van der Waals surface area (Å²) < 4.78 is 18.3. The lowest BCUT2D eigenvalue weighted by molar-refractivity contribution is 0.0352. The van der Waals surface area contributed by atoms with E-state index in [9.17, 15) is 4.21 Å². The molecule has 2 N–H and O–H groups in total. The first kappa shape index (κ1) is 8.87. The number of nitrogens with one attached hydrogen (secondary N) is 1. The number of hydrogen-bond donors (Lipinski definition) is 2. The highest BCUT2D eigenvalue weighted by Gasteiger charge is 2.07. The zero-order valence-electron chi connectivity index (χ0n) is 5.63. The average Bonchev–Trinajstić information content (AvgIpc) is 1.65. The predicted molar refractivity (Wildman–Crippen MR) is 35.6 cm³/mol. The lowest BCUT2D eigenvalue weighted by Crippen LogP contribution is -2.23. The van der Waals surface area contributed by atoms with E-state index in [0.717, 1.165) is 0 Å². The van der Waals surface area contributed by atoms with Crippen molar-refractivity contribution >= 4 is 9.92 Å². The van der Waals surface area contributed by atoms with E-state index in [1.54, 1.807) is 0 Å². The van der Waals surface area contributed by atoms with Crippen LogP contribution >= 0.6 is 0 Å². The smallest absolute Gasteiger partial charge is 0.129 e. The number of hydrogen-bond acceptors (Lipinski definition) is 3. The minimum absolute atomic E-state index is 0.222. The van der Waals surface area contributed by atoms with Gasteiger partial charge in [-0.15, -0.1) is 4.47 Å². The van der Waals surface area contributed by atoms with Gasteiger partial charge in [0.1, 0.15) is 9.92 Å². The van der Waals surface area contributed by atoms with Gasteiger partial charge in [0.15, 0.2) is 0 Å². The zero-order valence-corrected chi connectivity index (χ0v) is 6.44. The van der Waals surface area contributed by atoms with Crippen molar-refractivity contribution in [2.45, 2.75) is 13.3 Å². The molecule has 0 aromatic heterocycles. The second-order valence-electron chi connectivity index (χ2n) is 1.81. The third-order valence-electron chi connectivity index (χ3n) is 0.908. The fraction of sp³-hybridized carbons (Fsp3) is 1.00. The maximum atomic E-state index is 10.8. The Morgan fingerprint density at radius 2 is 2.22 bits per heavy atom. The van der Waals surface area contributed by atoms with Crippen LogP contribution in [0.1, 0.15) is 13.3 Å². The zero-order chi connectivity index (χ0) is 7.49. The van der Waals surface area contributed by atoms with Crippen molar-refractivity contribution in [2.75, 3.05) is 12.8 Å². The standard InChI is InChI=1S/C4H12N2O2S/c1-3-4-9(5,8)6(2)7/h5,7H,3-4H2,1-2H3. The van der Waals surface area contributed by atoms with E-state index < -0.39 is 9.92 Å². The summed E-state index contributed by atoms with van der Waals surface area (Å²) in [4.78, 5) is 0. The van der Waals surface area contributed by atoms with Crippen LogP contribution < -0.4 is 0 Å². The monoisotopic (exact) mass is 152 g/mol. The van der Waals surface area contributed by atoms with Crippen LogP contribution in [0.25, 0.3) is 0 Å². The summed E-state index contributed by atoms with van der Waals surface area (Å²) in [5, 5.41) is 8.58. The molecule has 0 saturated heterocycles. The minimum Gasteiger partial charge on any atom is -0.301 e. The molecule has 0 heterocycles. The second-order valence-corrected chi connectivity index (χ2v) is 4.03. The molecule has 0 radical (unpaired) electrons. The summed E-state index contributed by atoms with van der Waals surface area (Å²) in [5.41, 5.74) is 0. The van der Waals surface area contributed by atoms with Gasteiger partial charge in [-0.3, -0.25) is 0 Å². The van der Waals surface area contributed by atoms with Crippen molar-refractivity contribution in [3.63, 3.8) is 0 Å². The van der Waals surface area contributed by atoms with Crippen molar-refractivity contribution in [1.29, 1.82) is 4.78 Å². The Hall–Kier alpha value is -0.130. The topological polar surface area (TPSA) is 64.4 Å². The lowest BCUT2D eigenvalue weighted by atomic mass is 10.6. The third-order valence-corrected chi connectivity index (χ3v) is 2.72. The van der Waals surface area contributed by atoms with Crippen molar-refractivity contribution < 1.29 is 9.42 Å². The van der Waals surface area contributed by atoms with Crippen molar-refractivity contribution in [3.8, 4) is 0 Å². The Bertz CT molecular complexity index is 161. The lowest BCUT2D eigenvalue weighted by Gasteiger charge is -2.10. The number of rotatable bonds is 3. The van der Waals surface area contributed by atoms with E-state index in [1.807, 2.05) is 6.92 Å². The minimum atomic E-state index is -2.86. The molecule has 0 aliphatic heterocycles. The van der Waals surface area contributed by atoms with Crippen LogP contribution in [0.3, 0.4) is 0 Å². The molecule has 4 nitrogen and oxygen atoms in total. The summed E-state index contributed by atoms with van der Waals surface area (Å²) in [7, 11) is -1.63. The molecule has 0 rings (SSSR count). The molecule has 0 aliphatic rings. The Kier molecular flexibility index (Phi) is 3.10. The molecule has 0 bridgehead atoms. The molecule has 0 fully saturated rings. The van der Waals surface area contributed by atoms with Gasteiger partial charge in [-0.25, -0.2) is 8.99 Å². The van der Waals surface area contributed by atoms with E-state index in [0.29, 0.717) is 10.9 Å². The number of nitrogens with zero attached hydrogens (tertiary/aromatic N) is 1. The van der Waals surface area contributed by atoms with Crippen molar-refractivity contribution in [1.82, 2.24) is 4.47 Å². The molecular formula is C4H12N2O2S. The van der Waals surface area contributed by atoms with Crippen LogP contribution in [0.4, 0.5) is 0 Å². The normalized spacial score (nSPS) is 17.8. The molecule has 0 aliphatic carbocycles. The van der Waals surface area contributed by atoms with E-state index in [1.165, 1.54) is 7.05 Å². The van der Waals surface area contributed by atoms with Crippen LogP contribution in [0.2, 0.25) is 0 Å². The predicted octanol–water partition coefficient (Wildman–Crippen LogP) is 0.679. The van der Waals surface area contributed by atoms with Crippen LogP contribution in [0, 0.1) is 4.78 Å². The first-order valence-electron chi connectivity index (χ1n) is 2.70. The quantitative estimate of drug-likeness (QED) is 0.584. The van der Waals surface area contributed by atoms with E-state index in [2.05, 4.69) is 0 Å². The molecule has 9 heavy (non-hydrogen) atoms. The summed E-state index contributed by atoms with van der Waals surface area (Å²) in [6, 6.07) is 0. The highest BCUT2D eigenvalue weighted by Crippen LogP contribution is 1.96. The van der Waals surface area contributed by atoms with Crippen molar-refractivity contribution in [2.24, 2.45) is 0 Å². The van der Waals surface area contributed by atoms with Gasteiger partial charge in [-0.1, -0.05) is 6.92 Å². The fourth-order valence-corrected chi connectivity index (χ4v) is 1.23. The maximum Gasteiger partial charge on any atom is 0.129 e. The van der Waals surface area contributed by atoms with Crippen LogP contribution in [-0.4, -0.2) is 26.7 Å². The average molecular weight is 152 g/mol. The van der Waals surface area contributed by atoms with Gasteiger partial charge in [0.25, 0.3) is 0 Å². The molecule has 1 atom stereocenters. The molecule has 0 saturated carbocycles. The first-order valence-corrected chi connectivity index (χ1v) is 4.38. The highest BCUT2D eigenvalue weighted by atomic mass is 32.2. The van der Waals surface area contributed by atoms with Gasteiger partial charge in [0.05, 0.1) is 0 Å². The maximum absolute atomic E-state index is 10.8. The Morgan fingerprint density at radius 3 is 2.33 bits per heavy atom. The van der Waals surface area contributed by atoms with Crippen molar-refractivity contribution in [3.05, 3.63) is 0 Å². The van der Waals surface area contributed by atoms with Crippen LogP contribution in [0.15, 0.2) is 0 Å². The second kappa shape index (κ2) is 3.14. The summed E-state index contributed by atoms with van der Waals surface area (Å²) in [6.45, 7) is 1.82. The molecule has 0 spiro atoms. The SMILES string of the molecule is CCCS(=N)(=O)N(C)O. The molecule has 0 aromatic rings. The van der Waals surface area contributed by atoms with Crippen LogP contribution in [0.5, 0.6) is 0 Å². The first-order chi connectivity index (χ1) is 4.00. The van der Waals surface area contributed by atoms with Gasteiger partial charge in [0, 0.05) is 12.8 Å². The Morgan fingerprint density at radius 1 is 1.78 bits per heavy atom. The molecule has 5 heteroatoms. The Balaban J connectivity index is 4.05. The van der Waals surface area contributed by atoms with Crippen LogP contribution in [-0.2, 0) is 9.92 Å². The largest absolute Gasteiger partial charge is 0.301 e. The third kappa shape index (κ3) is 2.78. The van der Waals surface area contributed by atoms with Gasteiger partial charge in [-0.2, -0.15) is 0 Å². The summed E-state index contributed by atoms with van der Waals surface area (Å²) in [5.74, 6) is 0.222. The van der Waals surface area contributed by atoms with E-state index >= 15 is 0 Å². The molecule has 1 unspecified atom stereocenters. The highest BCUT2D eigenvalue weighted by molar-refractivity contribution is 7.89. The van der Waals surface area contributed by atoms with E-state index in [-0.39, 0.29) is 5.75 Å². The molecule has 0 aromatic carbocycles.